The molecule has 166 valence electrons. The van der Waals surface area contributed by atoms with Gasteiger partial charge < -0.3 is 4.52 Å². The summed E-state index contributed by atoms with van der Waals surface area (Å²) < 4.78 is 31.8. The van der Waals surface area contributed by atoms with E-state index in [4.69, 9.17) is 16.1 Å². The number of hydrogen-bond donors (Lipinski definition) is 2. The highest BCUT2D eigenvalue weighted by atomic mass is 35.5. The first kappa shape index (κ1) is 24.6. The van der Waals surface area contributed by atoms with Crippen molar-refractivity contribution in [3.8, 4) is 0 Å². The van der Waals surface area contributed by atoms with E-state index in [1.807, 2.05) is 18.2 Å². The van der Waals surface area contributed by atoms with E-state index in [0.717, 1.165) is 11.3 Å². The predicted molar refractivity (Wildman–Crippen MR) is 120 cm³/mol. The zero-order chi connectivity index (χ0) is 23.2. The minimum atomic E-state index is -4.14. The van der Waals surface area contributed by atoms with Crippen LogP contribution in [0.4, 0.5) is 5.88 Å². The maximum atomic E-state index is 12.5. The van der Waals surface area contributed by atoms with Gasteiger partial charge in [-0.2, -0.15) is 0 Å². The summed E-state index contributed by atoms with van der Waals surface area (Å²) in [4.78, 5) is 23.3. The Kier molecular flexibility index (Phi) is 8.37. The summed E-state index contributed by atoms with van der Waals surface area (Å²) in [6.45, 7) is 6.86. The molecule has 1 aromatic carbocycles. The number of amides is 2. The largest absolute Gasteiger partial charge is 0.336 e. The Hall–Kier alpha value is -2.69. The number of hydrogen-bond acceptors (Lipinski definition) is 7. The molecular formula is C20H22ClN3O5S2. The number of aromatic nitrogens is 1. The quantitative estimate of drug-likeness (QED) is 0.555. The van der Waals surface area contributed by atoms with E-state index >= 15 is 0 Å². The molecule has 0 spiro atoms. The van der Waals surface area contributed by atoms with Gasteiger partial charge in [-0.05, 0) is 25.3 Å². The molecule has 2 N–H and O–H groups in total. The molecule has 2 aromatic heterocycles. The van der Waals surface area contributed by atoms with Crippen LogP contribution in [0.5, 0.6) is 0 Å². The molecule has 0 radical (unpaired) electrons. The molecule has 3 rings (SSSR count). The van der Waals surface area contributed by atoms with Crippen LogP contribution in [0.25, 0.3) is 0 Å². The van der Waals surface area contributed by atoms with E-state index in [0.29, 0.717) is 5.69 Å². The lowest BCUT2D eigenvalue weighted by atomic mass is 10.2. The molecule has 0 saturated carbocycles. The number of rotatable bonds is 5. The molecule has 0 aliphatic carbocycles. The summed E-state index contributed by atoms with van der Waals surface area (Å²) in [6, 6.07) is 11.5. The lowest BCUT2D eigenvalue weighted by Crippen LogP contribution is -2.34. The van der Waals surface area contributed by atoms with Crippen molar-refractivity contribution in [2.75, 3.05) is 4.72 Å². The molecule has 0 saturated heterocycles. The number of halogens is 1. The third-order valence-electron chi connectivity index (χ3n) is 3.84. The number of aryl methyl sites for hydroxylation is 2. The van der Waals surface area contributed by atoms with Crippen LogP contribution < -0.4 is 10.0 Å². The number of sulfonamides is 1. The van der Waals surface area contributed by atoms with Crippen LogP contribution >= 0.6 is 22.9 Å². The van der Waals surface area contributed by atoms with E-state index in [-0.39, 0.29) is 20.7 Å². The Labute approximate surface area is 189 Å². The molecule has 3 aromatic rings. The molecule has 0 aliphatic rings. The van der Waals surface area contributed by atoms with E-state index in [9.17, 15) is 18.0 Å². The number of nitrogens with zero attached hydrogens (tertiary/aromatic N) is 1. The Morgan fingerprint density at radius 2 is 1.77 bits per heavy atom. The van der Waals surface area contributed by atoms with Gasteiger partial charge in [0.2, 0.25) is 5.91 Å². The van der Waals surface area contributed by atoms with Crippen molar-refractivity contribution in [1.29, 1.82) is 0 Å². The van der Waals surface area contributed by atoms with Gasteiger partial charge in [-0.1, -0.05) is 66.5 Å². The van der Waals surface area contributed by atoms with Crippen molar-refractivity contribution >= 4 is 50.7 Å². The van der Waals surface area contributed by atoms with Crippen molar-refractivity contribution in [2.24, 2.45) is 5.92 Å². The first-order valence-corrected chi connectivity index (χ1v) is 11.9. The second-order valence-corrected chi connectivity index (χ2v) is 9.70. The average molecular weight is 484 g/mol. The molecule has 11 heteroatoms. The van der Waals surface area contributed by atoms with Crippen LogP contribution in [0.3, 0.4) is 0 Å². The van der Waals surface area contributed by atoms with Gasteiger partial charge in [0.25, 0.3) is 21.8 Å². The number of imide groups is 1. The van der Waals surface area contributed by atoms with Gasteiger partial charge >= 0.3 is 0 Å². The van der Waals surface area contributed by atoms with Gasteiger partial charge in [0.05, 0.1) is 0 Å². The van der Waals surface area contributed by atoms with Crippen LogP contribution in [-0.2, 0) is 14.8 Å². The fraction of sp³-hybridized carbons (Fsp3) is 0.250. The highest BCUT2D eigenvalue weighted by molar-refractivity contribution is 7.93. The normalized spacial score (nSPS) is 10.9. The Balaban J connectivity index is 0.000000412. The molecule has 2 amide bonds. The van der Waals surface area contributed by atoms with Gasteiger partial charge in [-0.15, -0.1) is 11.3 Å². The van der Waals surface area contributed by atoms with Crippen molar-refractivity contribution < 1.29 is 22.5 Å². The summed E-state index contributed by atoms with van der Waals surface area (Å²) in [6.07, 6.45) is 0. The van der Waals surface area contributed by atoms with Crippen molar-refractivity contribution in [2.45, 2.75) is 32.6 Å². The summed E-state index contributed by atoms with van der Waals surface area (Å²) in [5, 5.41) is 7.14. The Bertz CT molecular complexity index is 1150. The highest BCUT2D eigenvalue weighted by Gasteiger charge is 2.27. The lowest BCUT2D eigenvalue weighted by molar-refractivity contribution is -0.122. The molecule has 2 heterocycles. The lowest BCUT2D eigenvalue weighted by Gasteiger charge is -2.08. The summed E-state index contributed by atoms with van der Waals surface area (Å²) in [7, 11) is -4.14. The van der Waals surface area contributed by atoms with Gasteiger partial charge in [-0.3, -0.25) is 14.9 Å². The summed E-state index contributed by atoms with van der Waals surface area (Å²) in [5.41, 5.74) is 1.64. The maximum Gasteiger partial charge on any atom is 0.269 e. The minimum Gasteiger partial charge on any atom is -0.336 e. The van der Waals surface area contributed by atoms with E-state index in [1.165, 1.54) is 17.0 Å². The van der Waals surface area contributed by atoms with Gasteiger partial charge in [-0.25, -0.2) is 13.1 Å². The van der Waals surface area contributed by atoms with E-state index in [2.05, 4.69) is 34.3 Å². The average Bonchev–Trinajstić information content (AvgIpc) is 3.32. The molecule has 0 aliphatic heterocycles. The maximum absolute atomic E-state index is 12.5. The number of carbonyl (C=O) groups excluding carboxylic acids is 2. The predicted octanol–water partition coefficient (Wildman–Crippen LogP) is 4.41. The molecule has 0 unspecified atom stereocenters. The van der Waals surface area contributed by atoms with Gasteiger partial charge in [0.15, 0.2) is 0 Å². The molecule has 0 fully saturated rings. The SMILES string of the molecule is Cc1ccccc1.Cc1noc(NS(=O)(=O)c2ccsc2C(=O)NC(=O)C(C)C)c1Cl. The van der Waals surface area contributed by atoms with Crippen molar-refractivity contribution in [3.05, 3.63) is 62.9 Å². The second kappa shape index (κ2) is 10.6. The van der Waals surface area contributed by atoms with Crippen LogP contribution in [0.1, 0.15) is 34.8 Å². The monoisotopic (exact) mass is 483 g/mol. The first-order chi connectivity index (χ1) is 14.5. The number of nitrogens with one attached hydrogen (secondary N) is 2. The highest BCUT2D eigenvalue weighted by Crippen LogP contribution is 2.29. The zero-order valence-corrected chi connectivity index (χ0v) is 19.7. The number of thiophene rings is 1. The minimum absolute atomic E-state index is 0.0230. The van der Waals surface area contributed by atoms with Crippen LogP contribution in [0.15, 0.2) is 51.2 Å². The third-order valence-corrected chi connectivity index (χ3v) is 6.71. The molecule has 0 atom stereocenters. The molecular weight excluding hydrogens is 462 g/mol. The van der Waals surface area contributed by atoms with Gasteiger partial charge in [0.1, 0.15) is 20.5 Å². The molecule has 8 nitrogen and oxygen atoms in total. The fourth-order valence-electron chi connectivity index (χ4n) is 2.12. The number of benzene rings is 1. The van der Waals surface area contributed by atoms with E-state index < -0.39 is 27.8 Å². The Morgan fingerprint density at radius 1 is 1.13 bits per heavy atom. The Morgan fingerprint density at radius 3 is 2.26 bits per heavy atom. The third kappa shape index (κ3) is 6.65. The van der Waals surface area contributed by atoms with Crippen LogP contribution in [0, 0.1) is 19.8 Å². The smallest absolute Gasteiger partial charge is 0.269 e. The summed E-state index contributed by atoms with van der Waals surface area (Å²) >= 11 is 6.77. The summed E-state index contributed by atoms with van der Waals surface area (Å²) in [5.74, 6) is -1.95. The number of carbonyl (C=O) groups is 2. The topological polar surface area (TPSA) is 118 Å². The van der Waals surface area contributed by atoms with Crippen molar-refractivity contribution in [3.63, 3.8) is 0 Å². The van der Waals surface area contributed by atoms with Crippen LogP contribution in [0.2, 0.25) is 5.02 Å². The van der Waals surface area contributed by atoms with Crippen LogP contribution in [-0.4, -0.2) is 25.4 Å². The molecule has 0 bridgehead atoms. The van der Waals surface area contributed by atoms with Gasteiger partial charge in [0, 0.05) is 5.92 Å². The second-order valence-electron chi connectivity index (χ2n) is 6.76. The van der Waals surface area contributed by atoms with Crippen molar-refractivity contribution in [1.82, 2.24) is 10.5 Å². The van der Waals surface area contributed by atoms with E-state index in [1.54, 1.807) is 20.8 Å². The zero-order valence-electron chi connectivity index (χ0n) is 17.3. The number of anilines is 1. The first-order valence-electron chi connectivity index (χ1n) is 9.12. The fourth-order valence-corrected chi connectivity index (χ4v) is 4.61. The molecule has 31 heavy (non-hydrogen) atoms. The standard InChI is InChI=1S/C13H14ClN3O5S2.C7H8/c1-6(2)11(18)15-12(19)10-8(4-5-23-10)24(20,21)17-13-9(14)7(3)16-22-13;1-7-5-3-2-4-6-7/h4-6,17H,1-3H3,(H,15,18,19);2-6H,1H3.